The van der Waals surface area contributed by atoms with Crippen molar-refractivity contribution in [1.82, 2.24) is 10.2 Å². The number of amides is 1. The summed E-state index contributed by atoms with van der Waals surface area (Å²) in [7, 11) is 3.75. The van der Waals surface area contributed by atoms with E-state index in [9.17, 15) is 4.79 Å². The van der Waals surface area contributed by atoms with Crippen LogP contribution in [0.5, 0.6) is 0 Å². The molecule has 0 bridgehead atoms. The molecule has 0 aliphatic rings. The van der Waals surface area contributed by atoms with Crippen LogP contribution in [0.1, 0.15) is 91.4 Å². The van der Waals surface area contributed by atoms with Gasteiger partial charge in [0.05, 0.1) is 0 Å². The van der Waals surface area contributed by atoms with Gasteiger partial charge in [-0.25, -0.2) is 0 Å². The quantitative estimate of drug-likeness (QED) is 0.270. The van der Waals surface area contributed by atoms with Gasteiger partial charge < -0.3 is 10.2 Å². The second kappa shape index (κ2) is 23.6. The Bertz CT molecular complexity index is 296. The molecule has 0 atom stereocenters. The molecule has 0 aromatic carbocycles. The maximum absolute atomic E-state index is 12.0. The monoisotopic (exact) mass is 420 g/mol. The molecular formula is C21H45BrN2O. The maximum atomic E-state index is 12.0. The van der Waals surface area contributed by atoms with Crippen molar-refractivity contribution in [1.29, 1.82) is 0 Å². The number of nitrogens with one attached hydrogen (secondary N) is 1. The van der Waals surface area contributed by atoms with E-state index >= 15 is 0 Å². The Morgan fingerprint density at radius 2 is 1.20 bits per heavy atom. The molecule has 4 heteroatoms. The zero-order valence-electron chi connectivity index (χ0n) is 17.7. The lowest BCUT2D eigenvalue weighted by molar-refractivity contribution is -0.127. The highest BCUT2D eigenvalue weighted by molar-refractivity contribution is 8.93. The van der Waals surface area contributed by atoms with Gasteiger partial charge in [-0.2, -0.15) is 0 Å². The van der Waals surface area contributed by atoms with Gasteiger partial charge in [-0.15, -0.1) is 17.0 Å². The number of carbonyl (C=O) groups is 1. The van der Waals surface area contributed by atoms with E-state index in [1.165, 1.54) is 57.8 Å². The molecule has 3 nitrogen and oxygen atoms in total. The molecular weight excluding hydrogens is 376 g/mol. The zero-order chi connectivity index (χ0) is 18.6. The maximum Gasteiger partial charge on any atom is 0.248 e. The minimum Gasteiger partial charge on any atom is -0.339 e. The molecule has 0 heterocycles. The molecule has 152 valence electrons. The number of halogens is 1. The zero-order valence-corrected chi connectivity index (χ0v) is 19.4. The molecule has 0 aromatic heterocycles. The summed E-state index contributed by atoms with van der Waals surface area (Å²) < 4.78 is 0. The first-order chi connectivity index (χ1) is 11.5. The van der Waals surface area contributed by atoms with Crippen molar-refractivity contribution in [2.24, 2.45) is 0 Å². The first-order valence-electron chi connectivity index (χ1n) is 10.1. The third kappa shape index (κ3) is 21.6. The third-order valence-electron chi connectivity index (χ3n) is 3.93. The largest absolute Gasteiger partial charge is 0.339 e. The third-order valence-corrected chi connectivity index (χ3v) is 3.93. The molecule has 0 saturated heterocycles. The lowest BCUT2D eigenvalue weighted by atomic mass is 10.1. The first kappa shape index (κ1) is 29.4. The molecule has 0 aromatic rings. The molecule has 0 aliphatic carbocycles. The number of unbranched alkanes of at least 4 members (excludes halogenated alkanes) is 9. The molecule has 0 aliphatic heterocycles. The van der Waals surface area contributed by atoms with Crippen LogP contribution >= 0.6 is 17.0 Å². The SMILES string of the molecule is Br.C=C(C)C(=O)N(CCC)CCCCCCCCCCCC.CNC. The van der Waals surface area contributed by atoms with Gasteiger partial charge in [0.1, 0.15) is 0 Å². The Morgan fingerprint density at radius 3 is 1.56 bits per heavy atom. The summed E-state index contributed by atoms with van der Waals surface area (Å²) in [5, 5.41) is 2.75. The average Bonchev–Trinajstić information content (AvgIpc) is 2.55. The summed E-state index contributed by atoms with van der Waals surface area (Å²) in [6, 6.07) is 0. The van der Waals surface area contributed by atoms with Gasteiger partial charge in [0.2, 0.25) is 5.91 Å². The molecule has 0 spiro atoms. The minimum atomic E-state index is 0. The van der Waals surface area contributed by atoms with E-state index in [0.717, 1.165) is 25.9 Å². The fourth-order valence-corrected chi connectivity index (χ4v) is 2.64. The topological polar surface area (TPSA) is 32.3 Å². The lowest BCUT2D eigenvalue weighted by Gasteiger charge is -2.22. The Labute approximate surface area is 168 Å². The van der Waals surface area contributed by atoms with Crippen molar-refractivity contribution < 1.29 is 4.79 Å². The van der Waals surface area contributed by atoms with E-state index in [0.29, 0.717) is 5.57 Å². The molecule has 25 heavy (non-hydrogen) atoms. The summed E-state index contributed by atoms with van der Waals surface area (Å²) in [6.45, 7) is 11.7. The van der Waals surface area contributed by atoms with E-state index in [1.54, 1.807) is 0 Å². The normalized spacial score (nSPS) is 9.64. The standard InChI is InChI=1S/C19H37NO.C2H7N.BrH/c1-5-7-8-9-10-11-12-13-14-15-17-20(16-6-2)19(21)18(3)4;1-3-2;/h3,5-17H2,1-2,4H3;3H,1-2H3;1H. The van der Waals surface area contributed by atoms with Crippen LogP contribution in [0.3, 0.4) is 0 Å². The van der Waals surface area contributed by atoms with Gasteiger partial charge in [-0.05, 0) is 33.9 Å². The second-order valence-corrected chi connectivity index (χ2v) is 6.75. The highest BCUT2D eigenvalue weighted by Crippen LogP contribution is 2.11. The second-order valence-electron chi connectivity index (χ2n) is 6.75. The number of hydrogen-bond donors (Lipinski definition) is 1. The molecule has 1 N–H and O–H groups in total. The fourth-order valence-electron chi connectivity index (χ4n) is 2.64. The minimum absolute atomic E-state index is 0. The van der Waals surface area contributed by atoms with Crippen molar-refractivity contribution in [3.05, 3.63) is 12.2 Å². The van der Waals surface area contributed by atoms with Gasteiger partial charge in [0.15, 0.2) is 0 Å². The van der Waals surface area contributed by atoms with E-state index in [2.05, 4.69) is 25.7 Å². The lowest BCUT2D eigenvalue weighted by Crippen LogP contribution is -2.33. The van der Waals surface area contributed by atoms with Crippen molar-refractivity contribution in [2.45, 2.75) is 91.4 Å². The van der Waals surface area contributed by atoms with Crippen molar-refractivity contribution >= 4 is 22.9 Å². The van der Waals surface area contributed by atoms with Gasteiger partial charge in [-0.3, -0.25) is 4.79 Å². The molecule has 0 rings (SSSR count). The fraction of sp³-hybridized carbons (Fsp3) is 0.857. The molecule has 0 unspecified atom stereocenters. The molecule has 1 amide bonds. The van der Waals surface area contributed by atoms with Crippen LogP contribution in [0.15, 0.2) is 12.2 Å². The number of carbonyl (C=O) groups excluding carboxylic acids is 1. The smallest absolute Gasteiger partial charge is 0.248 e. The first-order valence-corrected chi connectivity index (χ1v) is 10.1. The average molecular weight is 422 g/mol. The van der Waals surface area contributed by atoms with E-state index in [4.69, 9.17) is 0 Å². The summed E-state index contributed by atoms with van der Waals surface area (Å²) in [5.74, 6) is 0.132. The van der Waals surface area contributed by atoms with Crippen molar-refractivity contribution in [2.75, 3.05) is 27.2 Å². The Hall–Kier alpha value is -0.350. The van der Waals surface area contributed by atoms with Crippen LogP contribution in [0.2, 0.25) is 0 Å². The van der Waals surface area contributed by atoms with E-state index in [-0.39, 0.29) is 22.9 Å². The summed E-state index contributed by atoms with van der Waals surface area (Å²) in [5.41, 5.74) is 0.663. The van der Waals surface area contributed by atoms with Crippen LogP contribution in [0.4, 0.5) is 0 Å². The number of hydrogen-bond acceptors (Lipinski definition) is 2. The van der Waals surface area contributed by atoms with Crippen molar-refractivity contribution in [3.8, 4) is 0 Å². The van der Waals surface area contributed by atoms with Gasteiger partial charge >= 0.3 is 0 Å². The Kier molecular flexibility index (Phi) is 27.8. The van der Waals surface area contributed by atoms with E-state index < -0.39 is 0 Å². The summed E-state index contributed by atoms with van der Waals surface area (Å²) in [6.07, 6.45) is 14.4. The molecule has 0 fully saturated rings. The Morgan fingerprint density at radius 1 is 0.800 bits per heavy atom. The predicted molar refractivity (Wildman–Crippen MR) is 119 cm³/mol. The number of nitrogens with zero attached hydrogens (tertiary/aromatic N) is 1. The molecule has 0 radical (unpaired) electrons. The van der Waals surface area contributed by atoms with Gasteiger partial charge in [-0.1, -0.05) is 78.2 Å². The van der Waals surface area contributed by atoms with Crippen LogP contribution in [0, 0.1) is 0 Å². The van der Waals surface area contributed by atoms with Crippen LogP contribution in [0.25, 0.3) is 0 Å². The highest BCUT2D eigenvalue weighted by Gasteiger charge is 2.12. The summed E-state index contributed by atoms with van der Waals surface area (Å²) in [4.78, 5) is 13.9. The van der Waals surface area contributed by atoms with E-state index in [1.807, 2.05) is 25.9 Å². The highest BCUT2D eigenvalue weighted by atomic mass is 79.9. The summed E-state index contributed by atoms with van der Waals surface area (Å²) >= 11 is 0. The van der Waals surface area contributed by atoms with Crippen LogP contribution in [-0.4, -0.2) is 38.0 Å². The molecule has 0 saturated carbocycles. The van der Waals surface area contributed by atoms with Gasteiger partial charge in [0.25, 0.3) is 0 Å². The van der Waals surface area contributed by atoms with Gasteiger partial charge in [0, 0.05) is 18.7 Å². The predicted octanol–water partition coefficient (Wildman–Crippen LogP) is 6.14. The van der Waals surface area contributed by atoms with Crippen LogP contribution in [-0.2, 0) is 4.79 Å². The van der Waals surface area contributed by atoms with Crippen LogP contribution < -0.4 is 5.32 Å². The number of rotatable bonds is 14. The Balaban J connectivity index is -0.00000112. The van der Waals surface area contributed by atoms with Crippen molar-refractivity contribution in [3.63, 3.8) is 0 Å².